The van der Waals surface area contributed by atoms with E-state index in [-0.39, 0.29) is 0 Å². The molecule has 0 atom stereocenters. The predicted octanol–water partition coefficient (Wildman–Crippen LogP) is 3.40. The Bertz CT molecular complexity index is 542. The molecular weight excluding hydrogens is 224 g/mol. The van der Waals surface area contributed by atoms with Gasteiger partial charge < -0.3 is 5.11 Å². The summed E-state index contributed by atoms with van der Waals surface area (Å²) >= 11 is 0. The maximum Gasteiger partial charge on any atom is 0.335 e. The lowest BCUT2D eigenvalue weighted by Gasteiger charge is -2.03. The highest BCUT2D eigenvalue weighted by atomic mass is 16.4. The van der Waals surface area contributed by atoms with Gasteiger partial charge in [-0.15, -0.1) is 0 Å². The van der Waals surface area contributed by atoms with Crippen LogP contribution in [0.2, 0.25) is 0 Å². The third-order valence-corrected chi connectivity index (χ3v) is 2.70. The summed E-state index contributed by atoms with van der Waals surface area (Å²) in [5, 5.41) is 9.24. The van der Waals surface area contributed by atoms with E-state index < -0.39 is 5.97 Å². The van der Waals surface area contributed by atoms with Gasteiger partial charge in [-0.25, -0.2) is 4.79 Å². The third-order valence-electron chi connectivity index (χ3n) is 2.70. The van der Waals surface area contributed by atoms with E-state index in [0.717, 1.165) is 11.1 Å². The van der Waals surface area contributed by atoms with E-state index in [1.807, 2.05) is 60.7 Å². The Balaban J connectivity index is 2.24. The molecule has 0 unspecified atom stereocenters. The van der Waals surface area contributed by atoms with Crippen LogP contribution in [0.15, 0.2) is 66.7 Å². The Hall–Kier alpha value is -2.35. The molecule has 0 saturated carbocycles. The zero-order valence-corrected chi connectivity index (χ0v) is 9.91. The first-order valence-electron chi connectivity index (χ1n) is 5.80. The summed E-state index contributed by atoms with van der Waals surface area (Å²) in [5.74, 6) is -0.892. The summed E-state index contributed by atoms with van der Waals surface area (Å²) in [6.45, 7) is 0. The minimum atomic E-state index is -0.892. The number of rotatable bonds is 4. The van der Waals surface area contributed by atoms with Gasteiger partial charge >= 0.3 is 5.97 Å². The zero-order chi connectivity index (χ0) is 12.8. The lowest BCUT2D eigenvalue weighted by Crippen LogP contribution is -2.00. The van der Waals surface area contributed by atoms with Crippen molar-refractivity contribution in [1.29, 1.82) is 0 Å². The fourth-order valence-electron chi connectivity index (χ4n) is 1.78. The number of allylic oxidation sites excluding steroid dienone is 1. The van der Waals surface area contributed by atoms with Crippen LogP contribution in [0.25, 0.3) is 5.57 Å². The van der Waals surface area contributed by atoms with Gasteiger partial charge in [-0.1, -0.05) is 66.7 Å². The number of carboxylic acid groups (broad SMARTS) is 1. The Morgan fingerprint density at radius 3 is 2.06 bits per heavy atom. The molecule has 2 nitrogen and oxygen atoms in total. The topological polar surface area (TPSA) is 37.3 Å². The molecule has 0 spiro atoms. The Morgan fingerprint density at radius 2 is 1.50 bits per heavy atom. The smallest absolute Gasteiger partial charge is 0.335 e. The molecule has 0 bridgehead atoms. The van der Waals surface area contributed by atoms with Crippen molar-refractivity contribution in [2.24, 2.45) is 0 Å². The molecule has 90 valence electrons. The molecule has 0 saturated heterocycles. The lowest BCUT2D eigenvalue weighted by molar-refractivity contribution is -0.130. The molecule has 0 heterocycles. The molecule has 0 aliphatic heterocycles. The van der Waals surface area contributed by atoms with E-state index in [1.165, 1.54) is 0 Å². The van der Waals surface area contributed by atoms with Crippen LogP contribution >= 0.6 is 0 Å². The minimum Gasteiger partial charge on any atom is -0.478 e. The van der Waals surface area contributed by atoms with Crippen LogP contribution in [0.5, 0.6) is 0 Å². The summed E-state index contributed by atoms with van der Waals surface area (Å²) in [5.41, 5.74) is 2.19. The molecule has 0 aliphatic rings. The van der Waals surface area contributed by atoms with Crippen molar-refractivity contribution in [1.82, 2.24) is 0 Å². The average Bonchev–Trinajstić information content (AvgIpc) is 2.41. The molecule has 0 aromatic heterocycles. The highest BCUT2D eigenvalue weighted by Crippen LogP contribution is 2.15. The van der Waals surface area contributed by atoms with Crippen molar-refractivity contribution in [3.63, 3.8) is 0 Å². The Kier molecular flexibility index (Phi) is 3.92. The maximum atomic E-state index is 11.3. The Labute approximate surface area is 106 Å². The summed E-state index contributed by atoms with van der Waals surface area (Å²) < 4.78 is 0. The van der Waals surface area contributed by atoms with Crippen molar-refractivity contribution >= 4 is 11.5 Å². The standard InChI is InChI=1S/C16H14O2/c17-16(18)15(14-9-5-2-6-10-14)12-11-13-7-3-1-4-8-13/h1-10,12H,11H2,(H,17,18)/b15-12-. The van der Waals surface area contributed by atoms with Gasteiger partial charge in [-0.2, -0.15) is 0 Å². The van der Waals surface area contributed by atoms with Crippen molar-refractivity contribution in [2.45, 2.75) is 6.42 Å². The van der Waals surface area contributed by atoms with Crippen LogP contribution in [-0.4, -0.2) is 11.1 Å². The molecule has 0 fully saturated rings. The predicted molar refractivity (Wildman–Crippen MR) is 72.2 cm³/mol. The number of hydrogen-bond donors (Lipinski definition) is 1. The van der Waals surface area contributed by atoms with Crippen molar-refractivity contribution in [3.8, 4) is 0 Å². The van der Waals surface area contributed by atoms with Crippen molar-refractivity contribution in [3.05, 3.63) is 77.9 Å². The van der Waals surface area contributed by atoms with Gasteiger partial charge in [0.2, 0.25) is 0 Å². The second kappa shape index (κ2) is 5.82. The number of carbonyl (C=O) groups is 1. The van der Waals surface area contributed by atoms with Crippen molar-refractivity contribution < 1.29 is 9.90 Å². The van der Waals surface area contributed by atoms with Gasteiger partial charge in [-0.05, 0) is 17.5 Å². The molecular formula is C16H14O2. The SMILES string of the molecule is O=C(O)/C(=C\Cc1ccccc1)c1ccccc1. The van der Waals surface area contributed by atoms with E-state index >= 15 is 0 Å². The van der Waals surface area contributed by atoms with E-state index in [4.69, 9.17) is 0 Å². The second-order valence-electron chi connectivity index (χ2n) is 3.98. The van der Waals surface area contributed by atoms with Gasteiger partial charge in [0.05, 0.1) is 5.57 Å². The molecule has 1 N–H and O–H groups in total. The third kappa shape index (κ3) is 3.08. The van der Waals surface area contributed by atoms with Crippen LogP contribution in [-0.2, 0) is 11.2 Å². The van der Waals surface area contributed by atoms with Crippen LogP contribution in [0, 0.1) is 0 Å². The summed E-state index contributed by atoms with van der Waals surface area (Å²) in [6.07, 6.45) is 2.38. The van der Waals surface area contributed by atoms with Gasteiger partial charge in [0.15, 0.2) is 0 Å². The fraction of sp³-hybridized carbons (Fsp3) is 0.0625. The van der Waals surface area contributed by atoms with Crippen LogP contribution < -0.4 is 0 Å². The molecule has 2 heteroatoms. The molecule has 0 aliphatic carbocycles. The van der Waals surface area contributed by atoms with Gasteiger partial charge in [0, 0.05) is 0 Å². The number of aliphatic carboxylic acids is 1. The highest BCUT2D eigenvalue weighted by molar-refractivity contribution is 6.15. The molecule has 0 radical (unpaired) electrons. The largest absolute Gasteiger partial charge is 0.478 e. The monoisotopic (exact) mass is 238 g/mol. The van der Waals surface area contributed by atoms with Gasteiger partial charge in [-0.3, -0.25) is 0 Å². The van der Waals surface area contributed by atoms with Crippen molar-refractivity contribution in [2.75, 3.05) is 0 Å². The Morgan fingerprint density at radius 1 is 0.944 bits per heavy atom. The number of carboxylic acids is 1. The zero-order valence-electron chi connectivity index (χ0n) is 9.91. The number of benzene rings is 2. The first kappa shape index (κ1) is 12.1. The van der Waals surface area contributed by atoms with E-state index in [2.05, 4.69) is 0 Å². The second-order valence-corrected chi connectivity index (χ2v) is 3.98. The van der Waals surface area contributed by atoms with E-state index in [1.54, 1.807) is 6.08 Å². The maximum absolute atomic E-state index is 11.3. The molecule has 0 amide bonds. The van der Waals surface area contributed by atoms with Crippen LogP contribution in [0.1, 0.15) is 11.1 Å². The average molecular weight is 238 g/mol. The summed E-state index contributed by atoms with van der Waals surface area (Å²) in [4.78, 5) is 11.3. The van der Waals surface area contributed by atoms with E-state index in [9.17, 15) is 9.90 Å². The van der Waals surface area contributed by atoms with E-state index in [0.29, 0.717) is 12.0 Å². The fourth-order valence-corrected chi connectivity index (χ4v) is 1.78. The highest BCUT2D eigenvalue weighted by Gasteiger charge is 2.08. The quantitative estimate of drug-likeness (QED) is 0.829. The molecule has 2 aromatic rings. The summed E-state index contributed by atoms with van der Waals surface area (Å²) in [7, 11) is 0. The molecule has 18 heavy (non-hydrogen) atoms. The first-order chi connectivity index (χ1) is 8.77. The van der Waals surface area contributed by atoms with Gasteiger partial charge in [0.25, 0.3) is 0 Å². The summed E-state index contributed by atoms with van der Waals surface area (Å²) in [6, 6.07) is 19.0. The van der Waals surface area contributed by atoms with Gasteiger partial charge in [0.1, 0.15) is 0 Å². The first-order valence-corrected chi connectivity index (χ1v) is 5.80. The van der Waals surface area contributed by atoms with Crippen LogP contribution in [0.3, 0.4) is 0 Å². The van der Waals surface area contributed by atoms with Crippen LogP contribution in [0.4, 0.5) is 0 Å². The minimum absolute atomic E-state index is 0.347. The molecule has 2 aromatic carbocycles. The number of hydrogen-bond acceptors (Lipinski definition) is 1. The molecule has 2 rings (SSSR count). The normalized spacial score (nSPS) is 11.2. The lowest BCUT2D eigenvalue weighted by atomic mass is 10.0.